The number of rotatable bonds is 5. The van der Waals surface area contributed by atoms with Gasteiger partial charge in [-0.3, -0.25) is 4.31 Å². The van der Waals surface area contributed by atoms with E-state index in [9.17, 15) is 0 Å². The average Bonchev–Trinajstić information content (AvgIpc) is 2.47. The predicted molar refractivity (Wildman–Crippen MR) is 89.2 cm³/mol. The Morgan fingerprint density at radius 3 is 2.30 bits per heavy atom. The largest absolute Gasteiger partial charge is 0.386 e. The van der Waals surface area contributed by atoms with Crippen LogP contribution in [0.2, 0.25) is 0 Å². The van der Waals surface area contributed by atoms with Crippen LogP contribution in [0.25, 0.3) is 11.1 Å². The van der Waals surface area contributed by atoms with Gasteiger partial charge in [0.05, 0.1) is 18.5 Å². The Morgan fingerprint density at radius 1 is 1.05 bits per heavy atom. The van der Waals surface area contributed by atoms with Crippen molar-refractivity contribution < 1.29 is 4.18 Å². The van der Waals surface area contributed by atoms with Gasteiger partial charge in [-0.25, -0.2) is 0 Å². The first-order valence-electron chi connectivity index (χ1n) is 6.49. The number of hydrogen-bond acceptors (Lipinski definition) is 4. The minimum Gasteiger partial charge on any atom is -0.386 e. The van der Waals surface area contributed by atoms with E-state index in [1.807, 2.05) is 18.4 Å². The first kappa shape index (κ1) is 14.8. The summed E-state index contributed by atoms with van der Waals surface area (Å²) in [4.78, 5) is 0. The van der Waals surface area contributed by atoms with Crippen LogP contribution in [-0.4, -0.2) is 21.2 Å². The summed E-state index contributed by atoms with van der Waals surface area (Å²) in [6.45, 7) is 2.10. The van der Waals surface area contributed by atoms with Crippen LogP contribution in [0.15, 0.2) is 42.5 Å². The fraction of sp³-hybridized carbons (Fsp3) is 0.250. The zero-order valence-electron chi connectivity index (χ0n) is 12.3. The van der Waals surface area contributed by atoms with Gasteiger partial charge in [0.15, 0.2) is 0 Å². The molecule has 0 heterocycles. The van der Waals surface area contributed by atoms with Gasteiger partial charge in [-0.2, -0.15) is 0 Å². The van der Waals surface area contributed by atoms with Crippen molar-refractivity contribution in [2.24, 2.45) is 0 Å². The molecule has 0 aliphatic rings. The summed E-state index contributed by atoms with van der Waals surface area (Å²) in [6, 6.07) is 15.0. The summed E-state index contributed by atoms with van der Waals surface area (Å²) in [7, 11) is 5.58. The summed E-state index contributed by atoms with van der Waals surface area (Å²) < 4.78 is 7.09. The molecular weight excluding hydrogens is 268 g/mol. The van der Waals surface area contributed by atoms with E-state index in [2.05, 4.69) is 54.7 Å². The van der Waals surface area contributed by atoms with Crippen molar-refractivity contribution in [3.63, 3.8) is 0 Å². The van der Waals surface area contributed by atoms with Gasteiger partial charge in [0, 0.05) is 14.1 Å². The third-order valence-corrected chi connectivity index (χ3v) is 3.75. The minimum atomic E-state index is 1.08. The Morgan fingerprint density at radius 2 is 1.70 bits per heavy atom. The molecule has 1 N–H and O–H groups in total. The van der Waals surface area contributed by atoms with Crippen molar-refractivity contribution in [3.8, 4) is 11.1 Å². The molecule has 0 aliphatic carbocycles. The van der Waals surface area contributed by atoms with E-state index >= 15 is 0 Å². The molecule has 0 atom stereocenters. The van der Waals surface area contributed by atoms with Gasteiger partial charge in [-0.15, -0.1) is 0 Å². The molecule has 0 amide bonds. The smallest absolute Gasteiger partial charge is 0.114 e. The lowest BCUT2D eigenvalue weighted by Gasteiger charge is -2.20. The summed E-state index contributed by atoms with van der Waals surface area (Å²) in [5, 5.41) is 3.25. The molecule has 2 rings (SSSR count). The topological polar surface area (TPSA) is 24.5 Å². The highest BCUT2D eigenvalue weighted by Gasteiger charge is 2.09. The SMILES string of the molecule is CNc1cc(-c2ccc(C)cc2)ccc1N(C)SOC. The molecule has 0 spiro atoms. The molecule has 2 aromatic carbocycles. The van der Waals surface area contributed by atoms with Crippen molar-refractivity contribution in [3.05, 3.63) is 48.0 Å². The van der Waals surface area contributed by atoms with Gasteiger partial charge in [0.2, 0.25) is 0 Å². The van der Waals surface area contributed by atoms with Crippen LogP contribution in [-0.2, 0) is 4.18 Å². The number of nitrogens with one attached hydrogen (secondary N) is 1. The van der Waals surface area contributed by atoms with Crippen LogP contribution in [0, 0.1) is 6.92 Å². The van der Waals surface area contributed by atoms with E-state index in [1.165, 1.54) is 28.9 Å². The van der Waals surface area contributed by atoms with Crippen LogP contribution in [0.1, 0.15) is 5.56 Å². The molecule has 0 unspecified atom stereocenters. The standard InChI is InChI=1S/C16H20N2OS/c1-12-5-7-13(8-6-12)14-9-10-16(15(11-14)17-2)18(3)20-19-4/h5-11,17H,1-4H3. The van der Waals surface area contributed by atoms with Crippen molar-refractivity contribution in [2.45, 2.75) is 6.92 Å². The van der Waals surface area contributed by atoms with E-state index in [1.54, 1.807) is 7.11 Å². The van der Waals surface area contributed by atoms with Crippen molar-refractivity contribution in [2.75, 3.05) is 30.8 Å². The fourth-order valence-corrected chi connectivity index (χ4v) is 2.55. The second-order valence-electron chi connectivity index (χ2n) is 4.59. The van der Waals surface area contributed by atoms with Crippen LogP contribution < -0.4 is 9.62 Å². The molecule has 0 fully saturated rings. The Bertz CT molecular complexity index is 569. The molecule has 106 valence electrons. The number of aryl methyl sites for hydroxylation is 1. The molecule has 0 saturated carbocycles. The second kappa shape index (κ2) is 6.68. The molecule has 4 heteroatoms. The molecule has 0 aliphatic heterocycles. The maximum atomic E-state index is 5.10. The summed E-state index contributed by atoms with van der Waals surface area (Å²) in [5.41, 5.74) is 5.87. The number of nitrogens with zero attached hydrogens (tertiary/aromatic N) is 1. The lowest BCUT2D eigenvalue weighted by Crippen LogP contribution is -2.09. The van der Waals surface area contributed by atoms with Gasteiger partial charge >= 0.3 is 0 Å². The molecule has 0 saturated heterocycles. The highest BCUT2D eigenvalue weighted by atomic mass is 32.2. The van der Waals surface area contributed by atoms with Crippen LogP contribution in [0.4, 0.5) is 11.4 Å². The molecule has 20 heavy (non-hydrogen) atoms. The Labute approximate surface area is 125 Å². The fourth-order valence-electron chi connectivity index (χ4n) is 2.09. The van der Waals surface area contributed by atoms with Crippen LogP contribution >= 0.6 is 12.2 Å². The molecule has 0 bridgehead atoms. The van der Waals surface area contributed by atoms with Crippen LogP contribution in [0.5, 0.6) is 0 Å². The molecule has 0 radical (unpaired) electrons. The normalized spacial score (nSPS) is 10.4. The minimum absolute atomic E-state index is 1.08. The zero-order chi connectivity index (χ0) is 14.5. The Balaban J connectivity index is 2.36. The van der Waals surface area contributed by atoms with E-state index in [0.29, 0.717) is 0 Å². The second-order valence-corrected chi connectivity index (χ2v) is 5.62. The number of hydrogen-bond donors (Lipinski definition) is 1. The van der Waals surface area contributed by atoms with Gasteiger partial charge < -0.3 is 9.50 Å². The van der Waals surface area contributed by atoms with Crippen LogP contribution in [0.3, 0.4) is 0 Å². The van der Waals surface area contributed by atoms with E-state index in [-0.39, 0.29) is 0 Å². The van der Waals surface area contributed by atoms with Crippen molar-refractivity contribution in [1.82, 2.24) is 0 Å². The molecular formula is C16H20N2OS. The van der Waals surface area contributed by atoms with Crippen molar-refractivity contribution >= 4 is 23.6 Å². The van der Waals surface area contributed by atoms with E-state index < -0.39 is 0 Å². The maximum Gasteiger partial charge on any atom is 0.114 e. The molecule has 3 nitrogen and oxygen atoms in total. The zero-order valence-corrected chi connectivity index (χ0v) is 13.1. The monoisotopic (exact) mass is 288 g/mol. The van der Waals surface area contributed by atoms with Gasteiger partial charge in [0.25, 0.3) is 0 Å². The van der Waals surface area contributed by atoms with E-state index in [4.69, 9.17) is 4.18 Å². The summed E-state index contributed by atoms with van der Waals surface area (Å²) in [6.07, 6.45) is 0. The van der Waals surface area contributed by atoms with Crippen molar-refractivity contribution in [1.29, 1.82) is 0 Å². The van der Waals surface area contributed by atoms with Gasteiger partial charge in [-0.1, -0.05) is 35.9 Å². The van der Waals surface area contributed by atoms with Gasteiger partial charge in [0.1, 0.15) is 12.2 Å². The summed E-state index contributed by atoms with van der Waals surface area (Å²) >= 11 is 1.31. The number of anilines is 2. The Kier molecular flexibility index (Phi) is 4.93. The average molecular weight is 288 g/mol. The van der Waals surface area contributed by atoms with E-state index in [0.717, 1.165) is 11.4 Å². The quantitative estimate of drug-likeness (QED) is 0.653. The number of benzene rings is 2. The summed E-state index contributed by atoms with van der Waals surface area (Å²) in [5.74, 6) is 0. The first-order chi connectivity index (χ1) is 9.65. The first-order valence-corrected chi connectivity index (χ1v) is 7.19. The predicted octanol–water partition coefficient (Wildman–Crippen LogP) is 4.35. The molecule has 0 aromatic heterocycles. The highest BCUT2D eigenvalue weighted by molar-refractivity contribution is 7.96. The maximum absolute atomic E-state index is 5.10. The lowest BCUT2D eigenvalue weighted by molar-refractivity contribution is 0.489. The third kappa shape index (κ3) is 3.26. The highest BCUT2D eigenvalue weighted by Crippen LogP contribution is 2.33. The lowest BCUT2D eigenvalue weighted by atomic mass is 10.0. The molecule has 2 aromatic rings. The Hall–Kier alpha value is -1.65. The van der Waals surface area contributed by atoms with Gasteiger partial charge in [-0.05, 0) is 30.2 Å². The third-order valence-electron chi connectivity index (χ3n) is 3.18.